The highest BCUT2D eigenvalue weighted by molar-refractivity contribution is 5.95. The molecule has 0 radical (unpaired) electrons. The Morgan fingerprint density at radius 1 is 1.24 bits per heavy atom. The zero-order valence-corrected chi connectivity index (χ0v) is 15.1. The molecule has 0 fully saturated rings. The number of nitrogens with one attached hydrogen (secondary N) is 1. The number of benzene rings is 1. The monoisotopic (exact) mass is 343 g/mol. The van der Waals surface area contributed by atoms with Crippen LogP contribution in [0.2, 0.25) is 0 Å². The molecule has 0 bridgehead atoms. The van der Waals surface area contributed by atoms with Crippen LogP contribution in [-0.2, 0) is 4.79 Å². The minimum atomic E-state index is -0.888. The highest BCUT2D eigenvalue weighted by atomic mass is 16.4. The lowest BCUT2D eigenvalue weighted by Crippen LogP contribution is -2.33. The normalized spacial score (nSPS) is 12.2. The molecule has 1 atom stereocenters. The first-order valence-corrected chi connectivity index (χ1v) is 8.42. The molecule has 1 amide bonds. The van der Waals surface area contributed by atoms with Gasteiger partial charge in [-0.3, -0.25) is 9.59 Å². The first-order valence-electron chi connectivity index (χ1n) is 8.42. The molecule has 1 unspecified atom stereocenters. The minimum absolute atomic E-state index is 0.112. The van der Waals surface area contributed by atoms with Gasteiger partial charge in [-0.05, 0) is 37.8 Å². The molecular formula is C19H25N3O3. The fourth-order valence-electron chi connectivity index (χ4n) is 2.83. The number of para-hydroxylation sites is 1. The second kappa shape index (κ2) is 7.96. The van der Waals surface area contributed by atoms with Crippen LogP contribution in [-0.4, -0.2) is 33.3 Å². The molecule has 2 aromatic rings. The molecular weight excluding hydrogens is 318 g/mol. The van der Waals surface area contributed by atoms with Crippen LogP contribution in [0.1, 0.15) is 41.9 Å². The number of aryl methyl sites for hydroxylation is 1. The van der Waals surface area contributed by atoms with Crippen molar-refractivity contribution in [3.05, 3.63) is 47.3 Å². The second-order valence-electron chi connectivity index (χ2n) is 6.72. The number of carbonyl (C=O) groups is 2. The molecule has 2 N–H and O–H groups in total. The Morgan fingerprint density at radius 2 is 1.92 bits per heavy atom. The van der Waals surface area contributed by atoms with Crippen molar-refractivity contribution >= 4 is 11.9 Å². The minimum Gasteiger partial charge on any atom is -0.481 e. The second-order valence-corrected chi connectivity index (χ2v) is 6.72. The lowest BCUT2D eigenvalue weighted by molar-refractivity contribution is -0.142. The number of carbonyl (C=O) groups excluding carboxylic acids is 1. The maximum absolute atomic E-state index is 12.5. The molecule has 0 aliphatic rings. The van der Waals surface area contributed by atoms with Gasteiger partial charge in [0.15, 0.2) is 0 Å². The Balaban J connectivity index is 2.13. The van der Waals surface area contributed by atoms with Gasteiger partial charge in [-0.25, -0.2) is 4.68 Å². The highest BCUT2D eigenvalue weighted by Gasteiger charge is 2.21. The van der Waals surface area contributed by atoms with E-state index in [0.717, 1.165) is 16.9 Å². The number of nitrogens with zero attached hydrogens (tertiary/aromatic N) is 2. The number of amides is 1. The van der Waals surface area contributed by atoms with Crippen LogP contribution in [0.5, 0.6) is 0 Å². The molecule has 1 heterocycles. The number of hydrogen-bond acceptors (Lipinski definition) is 3. The summed E-state index contributed by atoms with van der Waals surface area (Å²) >= 11 is 0. The summed E-state index contributed by atoms with van der Waals surface area (Å²) in [4.78, 5) is 23.8. The largest absolute Gasteiger partial charge is 0.481 e. The number of rotatable bonds is 7. The van der Waals surface area contributed by atoms with Gasteiger partial charge in [0.25, 0.3) is 5.91 Å². The Bertz CT molecular complexity index is 765. The average Bonchev–Trinajstić information content (AvgIpc) is 2.92. The van der Waals surface area contributed by atoms with E-state index in [1.165, 1.54) is 6.20 Å². The van der Waals surface area contributed by atoms with Crippen LogP contribution < -0.4 is 5.32 Å². The highest BCUT2D eigenvalue weighted by Crippen LogP contribution is 2.18. The smallest absolute Gasteiger partial charge is 0.308 e. The van der Waals surface area contributed by atoms with E-state index < -0.39 is 11.9 Å². The number of hydrogen-bond donors (Lipinski definition) is 2. The first-order chi connectivity index (χ1) is 11.8. The van der Waals surface area contributed by atoms with Crippen molar-refractivity contribution in [2.24, 2.45) is 11.8 Å². The van der Waals surface area contributed by atoms with E-state index >= 15 is 0 Å². The van der Waals surface area contributed by atoms with Crippen molar-refractivity contribution in [3.8, 4) is 5.69 Å². The summed E-state index contributed by atoms with van der Waals surface area (Å²) in [5, 5.41) is 16.3. The van der Waals surface area contributed by atoms with Crippen molar-refractivity contribution in [3.63, 3.8) is 0 Å². The lowest BCUT2D eigenvalue weighted by atomic mass is 9.97. The van der Waals surface area contributed by atoms with Gasteiger partial charge in [-0.15, -0.1) is 0 Å². The summed E-state index contributed by atoms with van der Waals surface area (Å²) in [5.41, 5.74) is 3.16. The third kappa shape index (κ3) is 4.47. The molecule has 0 aliphatic heterocycles. The van der Waals surface area contributed by atoms with Gasteiger partial charge in [-0.2, -0.15) is 5.10 Å². The fourth-order valence-corrected chi connectivity index (χ4v) is 2.83. The van der Waals surface area contributed by atoms with Crippen LogP contribution in [0, 0.1) is 25.7 Å². The van der Waals surface area contributed by atoms with Crippen LogP contribution in [0.4, 0.5) is 0 Å². The summed E-state index contributed by atoms with van der Waals surface area (Å²) in [5.74, 6) is -1.52. The van der Waals surface area contributed by atoms with Gasteiger partial charge in [0.2, 0.25) is 0 Å². The lowest BCUT2D eigenvalue weighted by Gasteiger charge is -2.15. The number of carboxylic acids is 1. The third-order valence-electron chi connectivity index (χ3n) is 4.21. The Hall–Kier alpha value is -2.63. The Kier molecular flexibility index (Phi) is 5.96. The van der Waals surface area contributed by atoms with Crippen molar-refractivity contribution in [1.82, 2.24) is 15.1 Å². The summed E-state index contributed by atoms with van der Waals surface area (Å²) in [6.07, 6.45) is 2.05. The average molecular weight is 343 g/mol. The number of aromatic nitrogens is 2. The molecule has 134 valence electrons. The summed E-state index contributed by atoms with van der Waals surface area (Å²) < 4.78 is 1.73. The van der Waals surface area contributed by atoms with Gasteiger partial charge in [0.05, 0.1) is 29.1 Å². The van der Waals surface area contributed by atoms with Crippen molar-refractivity contribution in [2.45, 2.75) is 34.1 Å². The van der Waals surface area contributed by atoms with Gasteiger partial charge < -0.3 is 10.4 Å². The quantitative estimate of drug-likeness (QED) is 0.809. The van der Waals surface area contributed by atoms with Gasteiger partial charge in [0, 0.05) is 6.54 Å². The molecule has 2 rings (SSSR count). The van der Waals surface area contributed by atoms with Crippen LogP contribution in [0.25, 0.3) is 5.69 Å². The molecule has 6 heteroatoms. The molecule has 0 saturated carbocycles. The van der Waals surface area contributed by atoms with Crippen LogP contribution in [0.3, 0.4) is 0 Å². The molecule has 6 nitrogen and oxygen atoms in total. The Morgan fingerprint density at radius 3 is 2.52 bits per heavy atom. The van der Waals surface area contributed by atoms with Gasteiger partial charge in [0.1, 0.15) is 0 Å². The van der Waals surface area contributed by atoms with Crippen molar-refractivity contribution in [1.29, 1.82) is 0 Å². The predicted molar refractivity (Wildman–Crippen MR) is 96.0 cm³/mol. The molecule has 1 aromatic carbocycles. The van der Waals surface area contributed by atoms with Crippen LogP contribution in [0.15, 0.2) is 30.5 Å². The zero-order chi connectivity index (χ0) is 18.6. The predicted octanol–water partition coefficient (Wildman–Crippen LogP) is 2.97. The first kappa shape index (κ1) is 18.7. The molecule has 0 spiro atoms. The third-order valence-corrected chi connectivity index (χ3v) is 4.21. The topological polar surface area (TPSA) is 84.2 Å². The van der Waals surface area contributed by atoms with E-state index in [2.05, 4.69) is 10.4 Å². The summed E-state index contributed by atoms with van der Waals surface area (Å²) in [6.45, 7) is 7.86. The van der Waals surface area contributed by atoms with Crippen molar-refractivity contribution in [2.75, 3.05) is 6.54 Å². The molecule has 0 aliphatic carbocycles. The standard InChI is InChI=1S/C19H25N3O3/c1-12(2)9-15(19(24)25)10-20-18(23)16-11-21-22(14(16)4)17-8-6-5-7-13(17)3/h5-8,11-12,15H,9-10H2,1-4H3,(H,20,23)(H,24,25). The van der Waals surface area contributed by atoms with E-state index in [9.17, 15) is 14.7 Å². The van der Waals surface area contributed by atoms with E-state index in [4.69, 9.17) is 0 Å². The zero-order valence-electron chi connectivity index (χ0n) is 15.1. The molecule has 0 saturated heterocycles. The molecule has 25 heavy (non-hydrogen) atoms. The van der Waals surface area contributed by atoms with E-state index in [1.807, 2.05) is 52.0 Å². The number of aliphatic carboxylic acids is 1. The van der Waals surface area contributed by atoms with E-state index in [-0.39, 0.29) is 18.4 Å². The summed E-state index contributed by atoms with van der Waals surface area (Å²) in [6, 6.07) is 7.80. The van der Waals surface area contributed by atoms with Crippen LogP contribution >= 0.6 is 0 Å². The van der Waals surface area contributed by atoms with Gasteiger partial charge in [-0.1, -0.05) is 32.0 Å². The van der Waals surface area contributed by atoms with E-state index in [1.54, 1.807) is 4.68 Å². The molecule has 1 aromatic heterocycles. The Labute approximate surface area is 147 Å². The van der Waals surface area contributed by atoms with Gasteiger partial charge >= 0.3 is 5.97 Å². The van der Waals surface area contributed by atoms with Crippen molar-refractivity contribution < 1.29 is 14.7 Å². The SMILES string of the molecule is Cc1ccccc1-n1ncc(C(=O)NCC(CC(C)C)C(=O)O)c1C. The maximum atomic E-state index is 12.5. The van der Waals surface area contributed by atoms with E-state index in [0.29, 0.717) is 12.0 Å². The maximum Gasteiger partial charge on any atom is 0.308 e. The summed E-state index contributed by atoms with van der Waals surface area (Å²) in [7, 11) is 0. The fraction of sp³-hybridized carbons (Fsp3) is 0.421. The number of carboxylic acid groups (broad SMARTS) is 1.